The molecule has 17 heavy (non-hydrogen) atoms. The largest absolute Gasteiger partial charge is 0.0840 e. The van der Waals surface area contributed by atoms with Crippen molar-refractivity contribution in [1.82, 2.24) is 0 Å². The second-order valence-corrected chi connectivity index (χ2v) is 4.49. The Bertz CT molecular complexity index is 583. The van der Waals surface area contributed by atoms with Crippen LogP contribution in [0.5, 0.6) is 0 Å². The molecule has 0 bridgehead atoms. The number of benzene rings is 2. The van der Waals surface area contributed by atoms with E-state index >= 15 is 0 Å². The quantitative estimate of drug-likeness (QED) is 0.601. The van der Waals surface area contributed by atoms with Crippen molar-refractivity contribution >= 4 is 11.6 Å². The Balaban J connectivity index is 2.26. The van der Waals surface area contributed by atoms with Crippen molar-refractivity contribution < 1.29 is 0 Å². The molecule has 0 saturated carbocycles. The molecule has 2 aromatic rings. The van der Waals surface area contributed by atoms with E-state index in [1.807, 2.05) is 37.3 Å². The summed E-state index contributed by atoms with van der Waals surface area (Å²) in [5, 5.41) is 0.765. The molecule has 0 heterocycles. The summed E-state index contributed by atoms with van der Waals surface area (Å²) < 4.78 is 0. The van der Waals surface area contributed by atoms with Gasteiger partial charge in [-0.3, -0.25) is 0 Å². The van der Waals surface area contributed by atoms with Gasteiger partial charge in [0.2, 0.25) is 0 Å². The molecule has 0 aliphatic rings. The first kappa shape index (κ1) is 11.8. The summed E-state index contributed by atoms with van der Waals surface area (Å²) in [5.74, 6) is 6.24. The fraction of sp³-hybridized carbons (Fsp3) is 0.125. The molecule has 0 nitrogen and oxygen atoms in total. The molecule has 0 aliphatic heterocycles. The third-order valence-corrected chi connectivity index (χ3v) is 2.98. The van der Waals surface area contributed by atoms with Gasteiger partial charge in [0.25, 0.3) is 0 Å². The third-order valence-electron chi connectivity index (χ3n) is 2.57. The maximum Gasteiger partial charge on any atom is 0.0447 e. The summed E-state index contributed by atoms with van der Waals surface area (Å²) in [4.78, 5) is 0. The van der Waals surface area contributed by atoms with Gasteiger partial charge in [-0.05, 0) is 43.7 Å². The Morgan fingerprint density at radius 3 is 2.06 bits per heavy atom. The molecule has 0 radical (unpaired) electrons. The van der Waals surface area contributed by atoms with E-state index in [1.165, 1.54) is 5.56 Å². The van der Waals surface area contributed by atoms with Crippen LogP contribution >= 0.6 is 11.6 Å². The lowest BCUT2D eigenvalue weighted by atomic mass is 10.1. The fourth-order valence-electron chi connectivity index (χ4n) is 1.45. The fourth-order valence-corrected chi connectivity index (χ4v) is 1.63. The molecular formula is C16H13Cl. The van der Waals surface area contributed by atoms with Crippen molar-refractivity contribution in [3.63, 3.8) is 0 Å². The van der Waals surface area contributed by atoms with Gasteiger partial charge in [0, 0.05) is 16.1 Å². The Kier molecular flexibility index (Phi) is 3.52. The summed E-state index contributed by atoms with van der Waals surface area (Å²) in [6.45, 7) is 4.05. The first-order valence-electron chi connectivity index (χ1n) is 5.50. The summed E-state index contributed by atoms with van der Waals surface area (Å²) in [6, 6.07) is 14.1. The maximum absolute atomic E-state index is 6.05. The first-order valence-corrected chi connectivity index (χ1v) is 5.88. The molecular weight excluding hydrogens is 228 g/mol. The molecule has 0 atom stereocenters. The van der Waals surface area contributed by atoms with Crippen LogP contribution in [-0.2, 0) is 0 Å². The molecule has 1 heteroatoms. The molecule has 0 amide bonds. The predicted molar refractivity (Wildman–Crippen MR) is 73.3 cm³/mol. The topological polar surface area (TPSA) is 0 Å². The third kappa shape index (κ3) is 3.12. The van der Waals surface area contributed by atoms with E-state index in [1.54, 1.807) is 0 Å². The van der Waals surface area contributed by atoms with Gasteiger partial charge in [0.05, 0.1) is 0 Å². The van der Waals surface area contributed by atoms with Crippen LogP contribution in [0.3, 0.4) is 0 Å². The second-order valence-electron chi connectivity index (χ2n) is 4.08. The van der Waals surface area contributed by atoms with Crippen LogP contribution in [0.2, 0.25) is 5.02 Å². The van der Waals surface area contributed by atoms with Gasteiger partial charge < -0.3 is 0 Å². The summed E-state index contributed by atoms with van der Waals surface area (Å²) in [5.41, 5.74) is 4.29. The van der Waals surface area contributed by atoms with Crippen LogP contribution in [0.4, 0.5) is 0 Å². The average Bonchev–Trinajstić information content (AvgIpc) is 2.33. The van der Waals surface area contributed by atoms with Crippen LogP contribution < -0.4 is 0 Å². The maximum atomic E-state index is 6.05. The van der Waals surface area contributed by atoms with Crippen molar-refractivity contribution in [1.29, 1.82) is 0 Å². The van der Waals surface area contributed by atoms with Crippen molar-refractivity contribution in [3.05, 3.63) is 69.7 Å². The molecule has 0 aliphatic carbocycles. The number of aryl methyl sites for hydroxylation is 2. The average molecular weight is 241 g/mol. The monoisotopic (exact) mass is 240 g/mol. The molecule has 0 saturated heterocycles. The highest BCUT2D eigenvalue weighted by atomic mass is 35.5. The van der Waals surface area contributed by atoms with Crippen LogP contribution in [0.1, 0.15) is 22.3 Å². The smallest absolute Gasteiger partial charge is 0.0447 e. The van der Waals surface area contributed by atoms with Gasteiger partial charge in [-0.1, -0.05) is 47.2 Å². The zero-order valence-corrected chi connectivity index (χ0v) is 10.7. The van der Waals surface area contributed by atoms with Crippen LogP contribution in [0, 0.1) is 25.7 Å². The molecule has 84 valence electrons. The van der Waals surface area contributed by atoms with Gasteiger partial charge in [0.15, 0.2) is 0 Å². The lowest BCUT2D eigenvalue weighted by Crippen LogP contribution is -1.79. The minimum absolute atomic E-state index is 0.765. The van der Waals surface area contributed by atoms with E-state index in [0.717, 1.165) is 21.7 Å². The minimum Gasteiger partial charge on any atom is -0.0840 e. The van der Waals surface area contributed by atoms with Gasteiger partial charge >= 0.3 is 0 Å². The first-order chi connectivity index (χ1) is 8.15. The van der Waals surface area contributed by atoms with Crippen LogP contribution in [0.15, 0.2) is 42.5 Å². The van der Waals surface area contributed by atoms with Crippen molar-refractivity contribution in [3.8, 4) is 11.8 Å². The minimum atomic E-state index is 0.765. The molecule has 0 fully saturated rings. The molecule has 0 N–H and O–H groups in total. The molecule has 0 unspecified atom stereocenters. The Labute approximate surface area is 107 Å². The zero-order valence-electron chi connectivity index (χ0n) is 9.92. The predicted octanol–water partition coefficient (Wildman–Crippen LogP) is 4.36. The number of rotatable bonds is 0. The Morgan fingerprint density at radius 1 is 0.824 bits per heavy atom. The highest BCUT2D eigenvalue weighted by Crippen LogP contribution is 2.16. The van der Waals surface area contributed by atoms with Gasteiger partial charge in [-0.2, -0.15) is 0 Å². The molecule has 2 aromatic carbocycles. The normalized spacial score (nSPS) is 9.59. The SMILES string of the molecule is Cc1ccc(C#Cc2ccc(C)c(Cl)c2)cc1. The zero-order chi connectivity index (χ0) is 12.3. The summed E-state index contributed by atoms with van der Waals surface area (Å²) >= 11 is 6.05. The van der Waals surface area contributed by atoms with Crippen molar-refractivity contribution in [2.24, 2.45) is 0 Å². The van der Waals surface area contributed by atoms with Gasteiger partial charge in [-0.25, -0.2) is 0 Å². The van der Waals surface area contributed by atoms with Crippen molar-refractivity contribution in [2.45, 2.75) is 13.8 Å². The van der Waals surface area contributed by atoms with E-state index in [-0.39, 0.29) is 0 Å². The Morgan fingerprint density at radius 2 is 1.41 bits per heavy atom. The van der Waals surface area contributed by atoms with Gasteiger partial charge in [-0.15, -0.1) is 0 Å². The van der Waals surface area contributed by atoms with E-state index < -0.39 is 0 Å². The Hall–Kier alpha value is -1.71. The highest BCUT2D eigenvalue weighted by Gasteiger charge is 1.94. The van der Waals surface area contributed by atoms with E-state index in [4.69, 9.17) is 11.6 Å². The summed E-state index contributed by atoms with van der Waals surface area (Å²) in [7, 11) is 0. The molecule has 2 rings (SSSR count). The van der Waals surface area contributed by atoms with Crippen molar-refractivity contribution in [2.75, 3.05) is 0 Å². The molecule has 0 spiro atoms. The lowest BCUT2D eigenvalue weighted by Gasteiger charge is -1.97. The van der Waals surface area contributed by atoms with E-state index in [9.17, 15) is 0 Å². The number of hydrogen-bond donors (Lipinski definition) is 0. The second kappa shape index (κ2) is 5.08. The van der Waals surface area contributed by atoms with Gasteiger partial charge in [0.1, 0.15) is 0 Å². The standard InChI is InChI=1S/C16H13Cl/c1-12-3-6-14(7-4-12)9-10-15-8-5-13(2)16(17)11-15/h3-8,11H,1-2H3. The number of halogens is 1. The summed E-state index contributed by atoms with van der Waals surface area (Å²) in [6.07, 6.45) is 0. The van der Waals surface area contributed by atoms with E-state index in [2.05, 4.69) is 30.9 Å². The highest BCUT2D eigenvalue weighted by molar-refractivity contribution is 6.31. The van der Waals surface area contributed by atoms with Crippen LogP contribution in [0.25, 0.3) is 0 Å². The molecule has 0 aromatic heterocycles. The number of hydrogen-bond acceptors (Lipinski definition) is 0. The van der Waals surface area contributed by atoms with Crippen LogP contribution in [-0.4, -0.2) is 0 Å². The van der Waals surface area contributed by atoms with E-state index in [0.29, 0.717) is 0 Å². The lowest BCUT2D eigenvalue weighted by molar-refractivity contribution is 1.45.